The highest BCUT2D eigenvalue weighted by atomic mass is 35.5. The van der Waals surface area contributed by atoms with Crippen LogP contribution in [0.4, 0.5) is 0 Å². The number of ether oxygens (including phenoxy) is 1. The number of benzene rings is 1. The van der Waals surface area contributed by atoms with Crippen molar-refractivity contribution in [3.8, 4) is 5.75 Å². The molecular formula is C15H21ClN2O2. The van der Waals surface area contributed by atoms with Gasteiger partial charge in [-0.1, -0.05) is 17.7 Å². The quantitative estimate of drug-likeness (QED) is 0.840. The summed E-state index contributed by atoms with van der Waals surface area (Å²) in [6.07, 6.45) is 2.84. The number of nitrogens with one attached hydrogen (secondary N) is 1. The molecule has 0 spiro atoms. The van der Waals surface area contributed by atoms with Crippen molar-refractivity contribution in [2.45, 2.75) is 31.8 Å². The number of rotatable bonds is 7. The molecule has 110 valence electrons. The average Bonchev–Trinajstić information content (AvgIpc) is 3.21. The van der Waals surface area contributed by atoms with Gasteiger partial charge < -0.3 is 15.0 Å². The molecule has 1 aromatic rings. The summed E-state index contributed by atoms with van der Waals surface area (Å²) >= 11 is 6.23. The minimum absolute atomic E-state index is 0.0599. The first-order valence-corrected chi connectivity index (χ1v) is 7.29. The van der Waals surface area contributed by atoms with Crippen LogP contribution in [-0.4, -0.2) is 37.6 Å². The largest absolute Gasteiger partial charge is 0.493 e. The lowest BCUT2D eigenvalue weighted by atomic mass is 10.2. The smallest absolute Gasteiger partial charge is 0.225 e. The van der Waals surface area contributed by atoms with Crippen molar-refractivity contribution in [1.82, 2.24) is 10.2 Å². The molecule has 0 aliphatic heterocycles. The third-order valence-corrected chi connectivity index (χ3v) is 3.65. The van der Waals surface area contributed by atoms with Crippen molar-refractivity contribution in [3.63, 3.8) is 0 Å². The van der Waals surface area contributed by atoms with Crippen LogP contribution in [-0.2, 0) is 11.3 Å². The highest BCUT2D eigenvalue weighted by molar-refractivity contribution is 6.31. The van der Waals surface area contributed by atoms with Gasteiger partial charge in [-0.15, -0.1) is 0 Å². The van der Waals surface area contributed by atoms with E-state index in [0.29, 0.717) is 30.6 Å². The first-order valence-electron chi connectivity index (χ1n) is 6.91. The Labute approximate surface area is 125 Å². The van der Waals surface area contributed by atoms with Gasteiger partial charge in [-0.05, 0) is 25.0 Å². The Hall–Kier alpha value is -1.26. The van der Waals surface area contributed by atoms with Crippen LogP contribution in [0.3, 0.4) is 0 Å². The molecule has 2 rings (SSSR count). The zero-order chi connectivity index (χ0) is 14.5. The standard InChI is InChI=1S/C15H21ClN2O2/c1-18(2)15(19)8-9-20-14-5-3-4-13(16)12(14)10-17-11-6-7-11/h3-5,11,17H,6-10H2,1-2H3. The van der Waals surface area contributed by atoms with Gasteiger partial charge in [0.2, 0.25) is 5.91 Å². The fourth-order valence-corrected chi connectivity index (χ4v) is 2.08. The molecule has 0 aromatic heterocycles. The summed E-state index contributed by atoms with van der Waals surface area (Å²) in [6, 6.07) is 6.25. The predicted octanol–water partition coefficient (Wildman–Crippen LogP) is 2.45. The molecular weight excluding hydrogens is 276 g/mol. The lowest BCUT2D eigenvalue weighted by molar-refractivity contribution is -0.129. The van der Waals surface area contributed by atoms with Gasteiger partial charge in [-0.2, -0.15) is 0 Å². The fraction of sp³-hybridized carbons (Fsp3) is 0.533. The topological polar surface area (TPSA) is 41.6 Å². The zero-order valence-corrected chi connectivity index (χ0v) is 12.7. The number of halogens is 1. The van der Waals surface area contributed by atoms with Crippen molar-refractivity contribution in [1.29, 1.82) is 0 Å². The van der Waals surface area contributed by atoms with E-state index in [2.05, 4.69) is 5.32 Å². The molecule has 5 heteroatoms. The first-order chi connectivity index (χ1) is 9.58. The van der Waals surface area contributed by atoms with Crippen LogP contribution in [0, 0.1) is 0 Å². The second kappa shape index (κ2) is 6.95. The SMILES string of the molecule is CN(C)C(=O)CCOc1cccc(Cl)c1CNC1CC1. The second-order valence-corrected chi connectivity index (χ2v) is 5.67. The van der Waals surface area contributed by atoms with E-state index in [0.717, 1.165) is 11.3 Å². The second-order valence-electron chi connectivity index (χ2n) is 5.26. The maximum atomic E-state index is 11.5. The van der Waals surface area contributed by atoms with Crippen LogP contribution in [0.1, 0.15) is 24.8 Å². The van der Waals surface area contributed by atoms with E-state index in [9.17, 15) is 4.79 Å². The Morgan fingerprint density at radius 3 is 2.85 bits per heavy atom. The normalized spacial score (nSPS) is 14.2. The lowest BCUT2D eigenvalue weighted by Gasteiger charge is -2.14. The molecule has 0 unspecified atom stereocenters. The third kappa shape index (κ3) is 4.39. The van der Waals surface area contributed by atoms with Crippen molar-refractivity contribution < 1.29 is 9.53 Å². The van der Waals surface area contributed by atoms with Crippen molar-refractivity contribution in [2.24, 2.45) is 0 Å². The van der Waals surface area contributed by atoms with Crippen LogP contribution in [0.25, 0.3) is 0 Å². The molecule has 1 aliphatic carbocycles. The lowest BCUT2D eigenvalue weighted by Crippen LogP contribution is -2.23. The van der Waals surface area contributed by atoms with Gasteiger partial charge in [-0.25, -0.2) is 0 Å². The van der Waals surface area contributed by atoms with E-state index < -0.39 is 0 Å². The molecule has 0 heterocycles. The highest BCUT2D eigenvalue weighted by Crippen LogP contribution is 2.28. The van der Waals surface area contributed by atoms with Gasteiger partial charge >= 0.3 is 0 Å². The molecule has 1 N–H and O–H groups in total. The molecule has 1 fully saturated rings. The molecule has 0 atom stereocenters. The fourth-order valence-electron chi connectivity index (χ4n) is 1.85. The van der Waals surface area contributed by atoms with Gasteiger partial charge in [0.15, 0.2) is 0 Å². The third-order valence-electron chi connectivity index (χ3n) is 3.29. The Morgan fingerprint density at radius 1 is 1.45 bits per heavy atom. The molecule has 0 saturated heterocycles. The zero-order valence-electron chi connectivity index (χ0n) is 12.0. The van der Waals surface area contributed by atoms with E-state index in [4.69, 9.17) is 16.3 Å². The van der Waals surface area contributed by atoms with Crippen molar-refractivity contribution in [2.75, 3.05) is 20.7 Å². The Kier molecular flexibility index (Phi) is 5.26. The first kappa shape index (κ1) is 15.1. The molecule has 1 amide bonds. The van der Waals surface area contributed by atoms with Crippen LogP contribution in [0.2, 0.25) is 5.02 Å². The maximum absolute atomic E-state index is 11.5. The number of hydrogen-bond acceptors (Lipinski definition) is 3. The molecule has 4 nitrogen and oxygen atoms in total. The summed E-state index contributed by atoms with van der Waals surface area (Å²) in [4.78, 5) is 13.1. The minimum atomic E-state index is 0.0599. The Bertz CT molecular complexity index is 473. The van der Waals surface area contributed by atoms with Gasteiger partial charge in [-0.3, -0.25) is 4.79 Å². The minimum Gasteiger partial charge on any atom is -0.493 e. The summed E-state index contributed by atoms with van der Waals surface area (Å²) in [5.74, 6) is 0.821. The van der Waals surface area contributed by atoms with E-state index in [1.165, 1.54) is 12.8 Å². The molecule has 1 saturated carbocycles. The van der Waals surface area contributed by atoms with Gasteiger partial charge in [0.25, 0.3) is 0 Å². The number of carbonyl (C=O) groups excluding carboxylic acids is 1. The summed E-state index contributed by atoms with van der Waals surface area (Å²) in [5.41, 5.74) is 0.971. The van der Waals surface area contributed by atoms with Gasteiger partial charge in [0.05, 0.1) is 13.0 Å². The number of amides is 1. The molecule has 1 aromatic carbocycles. The highest BCUT2D eigenvalue weighted by Gasteiger charge is 2.21. The van der Waals surface area contributed by atoms with E-state index >= 15 is 0 Å². The van der Waals surface area contributed by atoms with Gasteiger partial charge in [0, 0.05) is 37.3 Å². The number of hydrogen-bond donors (Lipinski definition) is 1. The predicted molar refractivity (Wildman–Crippen MR) is 80.1 cm³/mol. The van der Waals surface area contributed by atoms with Crippen molar-refractivity contribution in [3.05, 3.63) is 28.8 Å². The summed E-state index contributed by atoms with van der Waals surface area (Å²) in [5, 5.41) is 4.14. The molecule has 20 heavy (non-hydrogen) atoms. The van der Waals surface area contributed by atoms with E-state index in [1.807, 2.05) is 18.2 Å². The number of carbonyl (C=O) groups is 1. The van der Waals surface area contributed by atoms with Crippen LogP contribution < -0.4 is 10.1 Å². The maximum Gasteiger partial charge on any atom is 0.225 e. The Balaban J connectivity index is 1.91. The van der Waals surface area contributed by atoms with E-state index in [-0.39, 0.29) is 5.91 Å². The molecule has 0 bridgehead atoms. The summed E-state index contributed by atoms with van der Waals surface area (Å²) in [7, 11) is 3.49. The summed E-state index contributed by atoms with van der Waals surface area (Å²) < 4.78 is 5.72. The van der Waals surface area contributed by atoms with Gasteiger partial charge in [0.1, 0.15) is 5.75 Å². The monoisotopic (exact) mass is 296 g/mol. The average molecular weight is 297 g/mol. The van der Waals surface area contributed by atoms with Crippen LogP contribution >= 0.6 is 11.6 Å². The molecule has 1 aliphatic rings. The van der Waals surface area contributed by atoms with Crippen LogP contribution in [0.5, 0.6) is 5.75 Å². The van der Waals surface area contributed by atoms with Crippen molar-refractivity contribution >= 4 is 17.5 Å². The number of nitrogens with zero attached hydrogens (tertiary/aromatic N) is 1. The van der Waals surface area contributed by atoms with E-state index in [1.54, 1.807) is 19.0 Å². The Morgan fingerprint density at radius 2 is 2.20 bits per heavy atom. The van der Waals surface area contributed by atoms with Crippen LogP contribution in [0.15, 0.2) is 18.2 Å². The summed E-state index contributed by atoms with van der Waals surface area (Å²) in [6.45, 7) is 1.08. The molecule has 0 radical (unpaired) electrons.